The molecule has 0 aliphatic carbocycles. The van der Waals surface area contributed by atoms with E-state index in [0.717, 1.165) is 38.5 Å². The maximum Gasteiger partial charge on any atom is 0.328 e. The van der Waals surface area contributed by atoms with Gasteiger partial charge < -0.3 is 36.8 Å². The summed E-state index contributed by atoms with van der Waals surface area (Å²) in [5, 5.41) is 7.34. The van der Waals surface area contributed by atoms with Crippen molar-refractivity contribution in [2.45, 2.75) is 50.4 Å². The number of aromatic amines is 2. The van der Waals surface area contributed by atoms with Gasteiger partial charge in [-0.25, -0.2) is 4.79 Å². The molecule has 0 radical (unpaired) electrons. The standard InChI is InChI=1S/C34H36N6O5/c35-26(16-22-18-37-27-12-6-4-10-24(22)27)32(42)40-30(17-23-19-38-28-13-7-5-11-25(23)28)33(43)39-29(14-15-31(36)41)34(44)45-20-21-8-2-1-3-9-21/h1-13,18-19,26,29-30,37-38H,14-17,20,35H2,(H2,36,41)(H,39,43)(H,40,42)/t26-,29-,30-/m0/s1. The molecule has 3 amide bonds. The van der Waals surface area contributed by atoms with Crippen molar-refractivity contribution >= 4 is 45.5 Å². The van der Waals surface area contributed by atoms with Crippen LogP contribution in [0.2, 0.25) is 0 Å². The molecule has 2 heterocycles. The largest absolute Gasteiger partial charge is 0.459 e. The van der Waals surface area contributed by atoms with E-state index >= 15 is 0 Å². The normalized spacial score (nSPS) is 13.2. The van der Waals surface area contributed by atoms with Crippen LogP contribution in [0.3, 0.4) is 0 Å². The molecule has 5 rings (SSSR count). The van der Waals surface area contributed by atoms with Gasteiger partial charge in [0.1, 0.15) is 18.7 Å². The van der Waals surface area contributed by atoms with Crippen molar-refractivity contribution in [2.75, 3.05) is 0 Å². The second-order valence-electron chi connectivity index (χ2n) is 11.0. The molecule has 2 aromatic heterocycles. The van der Waals surface area contributed by atoms with Crippen LogP contribution in [0.5, 0.6) is 0 Å². The van der Waals surface area contributed by atoms with Crippen LogP contribution < -0.4 is 22.1 Å². The lowest BCUT2D eigenvalue weighted by atomic mass is 10.0. The van der Waals surface area contributed by atoms with Gasteiger partial charge >= 0.3 is 5.97 Å². The zero-order chi connectivity index (χ0) is 31.8. The van der Waals surface area contributed by atoms with Gasteiger partial charge in [0, 0.05) is 47.0 Å². The molecular weight excluding hydrogens is 572 g/mol. The summed E-state index contributed by atoms with van der Waals surface area (Å²) in [6, 6.07) is 21.2. The molecule has 3 aromatic carbocycles. The molecule has 8 N–H and O–H groups in total. The minimum atomic E-state index is -1.17. The van der Waals surface area contributed by atoms with Crippen molar-refractivity contribution in [3.63, 3.8) is 0 Å². The van der Waals surface area contributed by atoms with Crippen LogP contribution in [-0.2, 0) is 43.4 Å². The van der Waals surface area contributed by atoms with Crippen LogP contribution in [0, 0.1) is 0 Å². The highest BCUT2D eigenvalue weighted by atomic mass is 16.5. The Kier molecular flexibility index (Phi) is 9.90. The van der Waals surface area contributed by atoms with Crippen LogP contribution >= 0.6 is 0 Å². The predicted molar refractivity (Wildman–Crippen MR) is 171 cm³/mol. The summed E-state index contributed by atoms with van der Waals surface area (Å²) in [6.07, 6.45) is 3.73. The molecule has 0 bridgehead atoms. The zero-order valence-electron chi connectivity index (χ0n) is 24.6. The van der Waals surface area contributed by atoms with Crippen LogP contribution in [0.25, 0.3) is 21.8 Å². The number of primary amides is 1. The highest BCUT2D eigenvalue weighted by Crippen LogP contribution is 2.21. The molecule has 11 nitrogen and oxygen atoms in total. The van der Waals surface area contributed by atoms with Crippen molar-refractivity contribution in [1.29, 1.82) is 0 Å². The SMILES string of the molecule is NC(=O)CC[C@H](NC(=O)[C@H](Cc1c[nH]c2ccccc12)NC(=O)[C@@H](N)Cc1c[nH]c2ccccc12)C(=O)OCc1ccccc1. The molecule has 0 spiro atoms. The van der Waals surface area contributed by atoms with Crippen LogP contribution in [0.1, 0.15) is 29.5 Å². The van der Waals surface area contributed by atoms with E-state index in [0.29, 0.717) is 0 Å². The number of nitrogens with two attached hydrogens (primary N) is 2. The van der Waals surface area contributed by atoms with Crippen LogP contribution in [0.15, 0.2) is 91.3 Å². The Hall–Kier alpha value is -5.42. The van der Waals surface area contributed by atoms with E-state index in [4.69, 9.17) is 16.2 Å². The molecule has 5 aromatic rings. The lowest BCUT2D eigenvalue weighted by molar-refractivity contribution is -0.149. The number of para-hydroxylation sites is 2. The first-order valence-corrected chi connectivity index (χ1v) is 14.7. The predicted octanol–water partition coefficient (Wildman–Crippen LogP) is 2.74. The van der Waals surface area contributed by atoms with Gasteiger partial charge in [-0.05, 0) is 41.7 Å². The minimum Gasteiger partial charge on any atom is -0.459 e. The van der Waals surface area contributed by atoms with E-state index in [-0.39, 0.29) is 32.3 Å². The number of carbonyl (C=O) groups is 4. The fraction of sp³-hybridized carbons (Fsp3) is 0.235. The van der Waals surface area contributed by atoms with Crippen molar-refractivity contribution in [3.8, 4) is 0 Å². The molecule has 0 aliphatic rings. The van der Waals surface area contributed by atoms with Crippen molar-refractivity contribution < 1.29 is 23.9 Å². The summed E-state index contributed by atoms with van der Waals surface area (Å²) < 4.78 is 5.46. The molecule has 0 unspecified atom stereocenters. The Morgan fingerprint density at radius 2 is 1.27 bits per heavy atom. The summed E-state index contributed by atoms with van der Waals surface area (Å²) in [5.41, 5.74) is 15.9. The van der Waals surface area contributed by atoms with Gasteiger partial charge in [0.05, 0.1) is 6.04 Å². The Bertz CT molecular complexity index is 1800. The third kappa shape index (κ3) is 7.95. The van der Waals surface area contributed by atoms with Gasteiger partial charge in [0.2, 0.25) is 17.7 Å². The molecule has 11 heteroatoms. The third-order valence-electron chi connectivity index (χ3n) is 7.69. The highest BCUT2D eigenvalue weighted by molar-refractivity contribution is 5.94. The molecule has 0 saturated carbocycles. The first-order chi connectivity index (χ1) is 21.8. The zero-order valence-corrected chi connectivity index (χ0v) is 24.6. The van der Waals surface area contributed by atoms with Crippen molar-refractivity contribution in [2.24, 2.45) is 11.5 Å². The highest BCUT2D eigenvalue weighted by Gasteiger charge is 2.30. The third-order valence-corrected chi connectivity index (χ3v) is 7.69. The molecule has 3 atom stereocenters. The van der Waals surface area contributed by atoms with Gasteiger partial charge in [-0.2, -0.15) is 0 Å². The van der Waals surface area contributed by atoms with Gasteiger partial charge in [0.15, 0.2) is 0 Å². The summed E-state index contributed by atoms with van der Waals surface area (Å²) >= 11 is 0. The average Bonchev–Trinajstić information content (AvgIpc) is 3.65. The number of aromatic nitrogens is 2. The lowest BCUT2D eigenvalue weighted by Gasteiger charge is -2.24. The number of amides is 3. The van der Waals surface area contributed by atoms with Crippen molar-refractivity contribution in [3.05, 3.63) is 108 Å². The summed E-state index contributed by atoms with van der Waals surface area (Å²) in [6.45, 7) is -0.0131. The first kappa shape index (κ1) is 31.0. The van der Waals surface area contributed by atoms with Gasteiger partial charge in [-0.1, -0.05) is 66.7 Å². The van der Waals surface area contributed by atoms with E-state index in [2.05, 4.69) is 20.6 Å². The number of fused-ring (bicyclic) bond motifs is 2. The first-order valence-electron chi connectivity index (χ1n) is 14.7. The van der Waals surface area contributed by atoms with Gasteiger partial charge in [-0.3, -0.25) is 14.4 Å². The summed E-state index contributed by atoms with van der Waals surface area (Å²) in [7, 11) is 0. The Morgan fingerprint density at radius 3 is 1.89 bits per heavy atom. The quantitative estimate of drug-likeness (QED) is 0.105. The number of nitrogens with one attached hydrogen (secondary N) is 4. The summed E-state index contributed by atoms with van der Waals surface area (Å²) in [4.78, 5) is 58.2. The van der Waals surface area contributed by atoms with E-state index < -0.39 is 41.8 Å². The molecule has 232 valence electrons. The van der Waals surface area contributed by atoms with E-state index in [1.54, 1.807) is 18.3 Å². The number of hydrogen-bond donors (Lipinski definition) is 6. The smallest absolute Gasteiger partial charge is 0.328 e. The molecule has 45 heavy (non-hydrogen) atoms. The Morgan fingerprint density at radius 1 is 0.711 bits per heavy atom. The number of hydrogen-bond acceptors (Lipinski definition) is 6. The maximum atomic E-state index is 13.8. The number of ether oxygens (including phenoxy) is 1. The average molecular weight is 609 g/mol. The fourth-order valence-corrected chi connectivity index (χ4v) is 5.28. The monoisotopic (exact) mass is 608 g/mol. The van der Waals surface area contributed by atoms with Gasteiger partial charge in [0.25, 0.3) is 0 Å². The number of esters is 1. The second kappa shape index (κ2) is 14.4. The molecule has 0 saturated heterocycles. The number of H-pyrrole nitrogens is 2. The van der Waals surface area contributed by atoms with Crippen LogP contribution in [0.4, 0.5) is 0 Å². The van der Waals surface area contributed by atoms with E-state index in [9.17, 15) is 19.2 Å². The molecule has 0 aliphatic heterocycles. The Labute approximate surface area is 259 Å². The van der Waals surface area contributed by atoms with E-state index in [1.807, 2.05) is 72.9 Å². The maximum absolute atomic E-state index is 13.8. The summed E-state index contributed by atoms with van der Waals surface area (Å²) in [5.74, 6) is -2.50. The van der Waals surface area contributed by atoms with Crippen molar-refractivity contribution in [1.82, 2.24) is 20.6 Å². The molecular formula is C34H36N6O5. The Balaban J connectivity index is 1.33. The fourth-order valence-electron chi connectivity index (χ4n) is 5.28. The van der Waals surface area contributed by atoms with Gasteiger partial charge in [-0.15, -0.1) is 0 Å². The van der Waals surface area contributed by atoms with Crippen LogP contribution in [-0.4, -0.2) is 51.8 Å². The lowest BCUT2D eigenvalue weighted by Crippen LogP contribution is -2.55. The second-order valence-corrected chi connectivity index (χ2v) is 11.0. The number of rotatable bonds is 14. The topological polar surface area (TPSA) is 185 Å². The van der Waals surface area contributed by atoms with E-state index in [1.165, 1.54) is 0 Å². The number of benzene rings is 3. The molecule has 0 fully saturated rings. The minimum absolute atomic E-state index is 0.0131. The number of carbonyl (C=O) groups excluding carboxylic acids is 4.